The van der Waals surface area contributed by atoms with Crippen LogP contribution in [0.15, 0.2) is 206 Å². The Balaban J connectivity index is 0.00000651. The van der Waals surface area contributed by atoms with Gasteiger partial charge in [-0.05, 0) is 108 Å². The first kappa shape index (κ1) is 53.3. The van der Waals surface area contributed by atoms with Crippen molar-refractivity contribution in [2.24, 2.45) is 5.41 Å². The van der Waals surface area contributed by atoms with Gasteiger partial charge in [0.2, 0.25) is 0 Å². The van der Waals surface area contributed by atoms with E-state index < -0.39 is 0 Å². The summed E-state index contributed by atoms with van der Waals surface area (Å²) in [6.45, 7) is 23.0. The number of rotatable bonds is 9. The summed E-state index contributed by atoms with van der Waals surface area (Å²) in [6.07, 6.45) is 5.84. The molecule has 13 rings (SSSR count). The molecule has 0 spiro atoms. The van der Waals surface area contributed by atoms with Gasteiger partial charge in [-0.3, -0.25) is 4.57 Å². The number of fused-ring (bicyclic) bond motifs is 7. The summed E-state index contributed by atoms with van der Waals surface area (Å²) in [4.78, 5) is 5.10. The van der Waals surface area contributed by atoms with Crippen molar-refractivity contribution >= 4 is 54.6 Å². The van der Waals surface area contributed by atoms with Crippen LogP contribution in [0, 0.1) is 23.9 Å². The second kappa shape index (κ2) is 20.3. The van der Waals surface area contributed by atoms with Gasteiger partial charge in [0.1, 0.15) is 5.82 Å². The molecule has 0 aliphatic heterocycles. The standard InChI is InChI=1S/C74H65N5O.Pt/c1-48(72(2,3)4)50-38-39-75-69(42-50)79-64-35-19-16-30-61(64)70-67(78-62-33-17-14-28-59(62)60-29-15-18-34-63(60)78)45-56(46-68(70)79)80-55-27-22-26-54(44-55)76-47-77(66-37-21-20-36-65(66)76)71-57(49-24-12-11-13-25-49)31-23-32-58(71)51-40-52(73(5,6)7)43-53(41-51)74(8,9)10;/h11-43,45,48H,1-10H3;/q-2;. The van der Waals surface area contributed by atoms with Crippen molar-refractivity contribution in [3.8, 4) is 56.6 Å². The molecule has 81 heavy (non-hydrogen) atoms. The Hall–Kier alpha value is -8.31. The molecule has 0 aliphatic rings. The molecular formula is C74H65N5OPt-2. The fourth-order valence-electron chi connectivity index (χ4n) is 11.6. The number of pyridine rings is 1. The van der Waals surface area contributed by atoms with Gasteiger partial charge in [-0.1, -0.05) is 226 Å². The first-order valence-corrected chi connectivity index (χ1v) is 27.9. The van der Waals surface area contributed by atoms with Crippen LogP contribution in [0.1, 0.15) is 91.8 Å². The maximum absolute atomic E-state index is 7.15. The monoisotopic (exact) mass is 1230 g/mol. The number of nitrogens with zero attached hydrogens (tertiary/aromatic N) is 5. The van der Waals surface area contributed by atoms with Crippen LogP contribution >= 0.6 is 0 Å². The molecule has 0 saturated heterocycles. The fraction of sp³-hybridized carbons (Fsp3) is 0.189. The number of hydrogen-bond acceptors (Lipinski definition) is 2. The van der Waals surface area contributed by atoms with E-state index in [-0.39, 0.29) is 43.2 Å². The van der Waals surface area contributed by atoms with E-state index >= 15 is 0 Å². The van der Waals surface area contributed by atoms with Crippen LogP contribution < -0.4 is 9.30 Å². The van der Waals surface area contributed by atoms with Crippen molar-refractivity contribution in [2.45, 2.75) is 86.0 Å². The van der Waals surface area contributed by atoms with E-state index in [1.165, 1.54) is 33.0 Å². The molecule has 0 N–H and O–H groups in total. The van der Waals surface area contributed by atoms with Crippen molar-refractivity contribution in [3.05, 3.63) is 242 Å². The van der Waals surface area contributed by atoms with E-state index in [9.17, 15) is 0 Å². The van der Waals surface area contributed by atoms with Crippen molar-refractivity contribution in [1.82, 2.24) is 18.7 Å². The zero-order valence-electron chi connectivity index (χ0n) is 47.7. The van der Waals surface area contributed by atoms with Gasteiger partial charge in [-0.15, -0.1) is 24.3 Å². The molecule has 6 nitrogen and oxygen atoms in total. The van der Waals surface area contributed by atoms with Gasteiger partial charge in [0.25, 0.3) is 6.33 Å². The maximum atomic E-state index is 7.15. The molecule has 404 valence electrons. The molecule has 0 fully saturated rings. The second-order valence-corrected chi connectivity index (χ2v) is 24.6. The SMILES string of the molecule is CC(c1ccnc(-n2c3[c-]c(Oc4[c-]c(-n5[c-][n+](-c6c(-c7ccccc7)cccc6-c6cc(C(C)(C)C)cc(C(C)(C)C)c6)c6ccccc65)ccc4)cc(-n4c5ccccc5c5ccccc54)c3c3ccccc32)c1)C(C)(C)C.[Pt]. The summed E-state index contributed by atoms with van der Waals surface area (Å²) in [7, 11) is 0. The van der Waals surface area contributed by atoms with Crippen LogP contribution in [0.5, 0.6) is 11.5 Å². The third-order valence-corrected chi connectivity index (χ3v) is 16.4. The van der Waals surface area contributed by atoms with Crippen LogP contribution in [0.3, 0.4) is 0 Å². The number of imidazole rings is 1. The molecule has 7 heteroatoms. The normalized spacial score (nSPS) is 12.7. The van der Waals surface area contributed by atoms with E-state index in [4.69, 9.17) is 9.72 Å². The molecule has 0 radical (unpaired) electrons. The molecule has 9 aromatic carbocycles. The van der Waals surface area contributed by atoms with E-state index in [1.807, 2.05) is 18.3 Å². The number of hydrogen-bond donors (Lipinski definition) is 0. The van der Waals surface area contributed by atoms with Crippen LogP contribution in [0.2, 0.25) is 0 Å². The topological polar surface area (TPSA) is 40.8 Å². The van der Waals surface area contributed by atoms with Crippen molar-refractivity contribution in [2.75, 3.05) is 0 Å². The van der Waals surface area contributed by atoms with Gasteiger partial charge in [0.15, 0.2) is 0 Å². The molecule has 0 saturated carbocycles. The predicted octanol–water partition coefficient (Wildman–Crippen LogP) is 18.8. The molecule has 0 amide bonds. The minimum absolute atomic E-state index is 0. The zero-order chi connectivity index (χ0) is 55.2. The van der Waals surface area contributed by atoms with Crippen molar-refractivity contribution in [1.29, 1.82) is 0 Å². The Morgan fingerprint density at radius 1 is 0.506 bits per heavy atom. The maximum Gasteiger partial charge on any atom is 0.268 e. The Kier molecular flexibility index (Phi) is 13.4. The Bertz CT molecular complexity index is 4450. The van der Waals surface area contributed by atoms with Crippen molar-refractivity contribution < 1.29 is 30.4 Å². The number of aromatic nitrogens is 5. The number of para-hydroxylation sites is 6. The van der Waals surface area contributed by atoms with Crippen molar-refractivity contribution in [3.63, 3.8) is 0 Å². The van der Waals surface area contributed by atoms with E-state index in [0.29, 0.717) is 11.5 Å². The zero-order valence-corrected chi connectivity index (χ0v) is 49.9. The largest absolute Gasteiger partial charge is 0.510 e. The molecule has 13 aromatic rings. The first-order chi connectivity index (χ1) is 38.5. The Morgan fingerprint density at radius 3 is 1.72 bits per heavy atom. The smallest absolute Gasteiger partial charge is 0.268 e. The van der Waals surface area contributed by atoms with Crippen LogP contribution in [0.4, 0.5) is 0 Å². The quantitative estimate of drug-likeness (QED) is 0.107. The molecular weight excluding hydrogens is 1170 g/mol. The Labute approximate surface area is 490 Å². The Morgan fingerprint density at radius 2 is 1.07 bits per heavy atom. The third-order valence-electron chi connectivity index (χ3n) is 16.4. The average Bonchev–Trinajstić information content (AvgIpc) is 4.27. The summed E-state index contributed by atoms with van der Waals surface area (Å²) in [6, 6.07) is 79.3. The predicted molar refractivity (Wildman–Crippen MR) is 330 cm³/mol. The van der Waals surface area contributed by atoms with Crippen LogP contribution in [-0.4, -0.2) is 18.7 Å². The molecule has 0 aliphatic carbocycles. The number of ether oxygens (including phenoxy) is 1. The minimum Gasteiger partial charge on any atom is -0.510 e. The fourth-order valence-corrected chi connectivity index (χ4v) is 11.6. The summed E-state index contributed by atoms with van der Waals surface area (Å²) in [5, 5.41) is 4.52. The average molecular weight is 1240 g/mol. The van der Waals surface area contributed by atoms with Gasteiger partial charge in [0, 0.05) is 55.1 Å². The molecule has 0 bridgehead atoms. The van der Waals surface area contributed by atoms with Gasteiger partial charge < -0.3 is 18.4 Å². The molecule has 1 atom stereocenters. The van der Waals surface area contributed by atoms with Gasteiger partial charge in [-0.25, -0.2) is 4.98 Å². The summed E-state index contributed by atoms with van der Waals surface area (Å²) in [5.41, 5.74) is 17.2. The van der Waals surface area contributed by atoms with E-state index in [2.05, 4.69) is 294 Å². The van der Waals surface area contributed by atoms with Gasteiger partial charge in [-0.2, -0.15) is 12.1 Å². The second-order valence-electron chi connectivity index (χ2n) is 24.6. The van der Waals surface area contributed by atoms with E-state index in [1.54, 1.807) is 0 Å². The number of benzene rings is 9. The molecule has 4 aromatic heterocycles. The van der Waals surface area contributed by atoms with Gasteiger partial charge in [0.05, 0.1) is 27.8 Å². The minimum atomic E-state index is -0.0616. The van der Waals surface area contributed by atoms with E-state index in [0.717, 1.165) is 83.4 Å². The third kappa shape index (κ3) is 9.47. The summed E-state index contributed by atoms with van der Waals surface area (Å²) >= 11 is 0. The van der Waals surface area contributed by atoms with Crippen LogP contribution in [0.25, 0.3) is 99.8 Å². The first-order valence-electron chi connectivity index (χ1n) is 27.9. The molecule has 4 heterocycles. The summed E-state index contributed by atoms with van der Waals surface area (Å²) < 4.78 is 16.2. The van der Waals surface area contributed by atoms with Gasteiger partial charge >= 0.3 is 0 Å². The summed E-state index contributed by atoms with van der Waals surface area (Å²) in [5.74, 6) is 2.21. The van der Waals surface area contributed by atoms with Crippen LogP contribution in [-0.2, 0) is 31.9 Å². The molecule has 1 unspecified atom stereocenters.